The van der Waals surface area contributed by atoms with Gasteiger partial charge in [-0.05, 0) is 19.9 Å². The van der Waals surface area contributed by atoms with Crippen molar-refractivity contribution < 1.29 is 19.0 Å². The fourth-order valence-corrected chi connectivity index (χ4v) is 1.59. The zero-order valence-corrected chi connectivity index (χ0v) is 9.95. The Morgan fingerprint density at radius 1 is 1.06 bits per heavy atom. The van der Waals surface area contributed by atoms with Crippen LogP contribution in [0, 0.1) is 0 Å². The Balaban J connectivity index is 3.35. The molecule has 1 N–H and O–H groups in total. The van der Waals surface area contributed by atoms with E-state index in [1.54, 1.807) is 19.1 Å². The van der Waals surface area contributed by atoms with Crippen molar-refractivity contribution in [3.63, 3.8) is 0 Å². The normalized spacial score (nSPS) is 14.4. The summed E-state index contributed by atoms with van der Waals surface area (Å²) < 4.78 is 23.6. The number of aliphatic hydroxyl groups is 1. The quantitative estimate of drug-likeness (QED) is 0.861. The Hall–Kier alpha value is -1.29. The fraction of sp³-hybridized carbons (Fsp3) is 0.500. The number of methoxy groups -OCH3 is 2. The molecule has 2 unspecified atom stereocenters. The Labute approximate surface area is 94.8 Å². The summed E-state index contributed by atoms with van der Waals surface area (Å²) in [7, 11) is 2.97. The molecule has 2 atom stereocenters. The summed E-state index contributed by atoms with van der Waals surface area (Å²) in [5.74, 6) is 0.924. The van der Waals surface area contributed by atoms with Gasteiger partial charge >= 0.3 is 0 Å². The number of hydrogen-bond acceptors (Lipinski definition) is 3. The van der Waals surface area contributed by atoms with Gasteiger partial charge in [-0.25, -0.2) is 4.39 Å². The first-order valence-electron chi connectivity index (χ1n) is 5.09. The lowest BCUT2D eigenvalue weighted by Crippen LogP contribution is -2.01. The molecule has 3 nitrogen and oxygen atoms in total. The highest BCUT2D eigenvalue weighted by atomic mass is 19.1. The molecule has 0 radical (unpaired) electrons. The molecule has 0 aromatic heterocycles. The van der Waals surface area contributed by atoms with Gasteiger partial charge in [-0.1, -0.05) is 0 Å². The smallest absolute Gasteiger partial charge is 0.128 e. The summed E-state index contributed by atoms with van der Waals surface area (Å²) in [6.45, 7) is 3.03. The van der Waals surface area contributed by atoms with Gasteiger partial charge in [0.15, 0.2) is 0 Å². The highest BCUT2D eigenvalue weighted by Gasteiger charge is 2.17. The van der Waals surface area contributed by atoms with Crippen LogP contribution in [-0.4, -0.2) is 19.3 Å². The maximum atomic E-state index is 13.4. The molecule has 0 heterocycles. The summed E-state index contributed by atoms with van der Waals surface area (Å²) in [6, 6.07) is 3.17. The number of rotatable bonds is 4. The molecule has 1 aromatic rings. The van der Waals surface area contributed by atoms with Gasteiger partial charge in [0, 0.05) is 17.2 Å². The highest BCUT2D eigenvalue weighted by molar-refractivity contribution is 5.48. The lowest BCUT2D eigenvalue weighted by Gasteiger charge is -2.16. The number of ether oxygens (including phenoxy) is 2. The van der Waals surface area contributed by atoms with E-state index in [1.165, 1.54) is 21.1 Å². The second kappa shape index (κ2) is 5.16. The van der Waals surface area contributed by atoms with E-state index in [0.29, 0.717) is 22.6 Å². The lowest BCUT2D eigenvalue weighted by molar-refractivity contribution is 0.193. The van der Waals surface area contributed by atoms with Crippen molar-refractivity contribution in [3.8, 4) is 11.5 Å². The minimum Gasteiger partial charge on any atom is -0.496 e. The average molecular weight is 228 g/mol. The largest absolute Gasteiger partial charge is 0.496 e. The summed E-state index contributed by atoms with van der Waals surface area (Å²) in [6.07, 6.45) is -1.86. The molecule has 0 saturated heterocycles. The van der Waals surface area contributed by atoms with E-state index in [4.69, 9.17) is 9.47 Å². The molecule has 4 heteroatoms. The maximum Gasteiger partial charge on any atom is 0.128 e. The van der Waals surface area contributed by atoms with Crippen LogP contribution in [0.1, 0.15) is 37.3 Å². The topological polar surface area (TPSA) is 38.7 Å². The molecular formula is C12H17FO3. The Morgan fingerprint density at radius 3 is 1.94 bits per heavy atom. The van der Waals surface area contributed by atoms with Gasteiger partial charge in [0.1, 0.15) is 17.7 Å². The number of aliphatic hydroxyl groups excluding tert-OH is 1. The zero-order valence-electron chi connectivity index (χ0n) is 9.95. The van der Waals surface area contributed by atoms with E-state index < -0.39 is 12.3 Å². The molecule has 0 spiro atoms. The first kappa shape index (κ1) is 12.8. The SMILES string of the molecule is COc1cc(OC)c(C(C)F)cc1C(C)O. The van der Waals surface area contributed by atoms with Crippen LogP contribution in [0.5, 0.6) is 11.5 Å². The number of halogens is 1. The third-order valence-corrected chi connectivity index (χ3v) is 2.46. The van der Waals surface area contributed by atoms with E-state index in [9.17, 15) is 9.50 Å². The third-order valence-electron chi connectivity index (χ3n) is 2.46. The lowest BCUT2D eigenvalue weighted by atomic mass is 10.0. The van der Waals surface area contributed by atoms with Crippen molar-refractivity contribution in [2.24, 2.45) is 0 Å². The summed E-state index contributed by atoms with van der Waals surface area (Å²) in [5, 5.41) is 9.56. The van der Waals surface area contributed by atoms with Gasteiger partial charge in [-0.15, -0.1) is 0 Å². The van der Waals surface area contributed by atoms with Crippen LogP contribution in [-0.2, 0) is 0 Å². The van der Waals surface area contributed by atoms with Gasteiger partial charge in [0.25, 0.3) is 0 Å². The van der Waals surface area contributed by atoms with E-state index in [2.05, 4.69) is 0 Å². The fourth-order valence-electron chi connectivity index (χ4n) is 1.59. The number of benzene rings is 1. The van der Waals surface area contributed by atoms with Crippen molar-refractivity contribution >= 4 is 0 Å². The Bertz CT molecular complexity index is 330. The predicted octanol–water partition coefficient (Wildman–Crippen LogP) is 2.79. The monoisotopic (exact) mass is 228 g/mol. The molecule has 0 saturated carbocycles. The molecule has 0 aliphatic carbocycles. The molecule has 0 aliphatic heterocycles. The second-order valence-electron chi connectivity index (χ2n) is 3.63. The molecule has 90 valence electrons. The molecule has 0 aliphatic rings. The van der Waals surface area contributed by atoms with Crippen molar-refractivity contribution in [1.29, 1.82) is 0 Å². The van der Waals surface area contributed by atoms with Crippen LogP contribution >= 0.6 is 0 Å². The number of hydrogen-bond donors (Lipinski definition) is 1. The summed E-state index contributed by atoms with van der Waals surface area (Å²) in [5.41, 5.74) is 0.974. The van der Waals surface area contributed by atoms with Crippen LogP contribution in [0.25, 0.3) is 0 Å². The zero-order chi connectivity index (χ0) is 12.3. The van der Waals surface area contributed by atoms with Crippen molar-refractivity contribution in [2.45, 2.75) is 26.1 Å². The molecule has 0 fully saturated rings. The van der Waals surface area contributed by atoms with Crippen LogP contribution in [0.15, 0.2) is 12.1 Å². The van der Waals surface area contributed by atoms with Gasteiger partial charge in [0.05, 0.1) is 20.3 Å². The maximum absolute atomic E-state index is 13.4. The highest BCUT2D eigenvalue weighted by Crippen LogP contribution is 2.36. The molecule has 1 aromatic carbocycles. The van der Waals surface area contributed by atoms with Crippen LogP contribution in [0.4, 0.5) is 4.39 Å². The Kier molecular flexibility index (Phi) is 4.12. The first-order chi connectivity index (χ1) is 7.51. The van der Waals surface area contributed by atoms with Crippen LogP contribution < -0.4 is 9.47 Å². The van der Waals surface area contributed by atoms with Gasteiger partial charge < -0.3 is 14.6 Å². The Morgan fingerprint density at radius 2 is 1.56 bits per heavy atom. The second-order valence-corrected chi connectivity index (χ2v) is 3.63. The molecular weight excluding hydrogens is 211 g/mol. The van der Waals surface area contributed by atoms with E-state index in [-0.39, 0.29) is 0 Å². The van der Waals surface area contributed by atoms with Gasteiger partial charge in [-0.3, -0.25) is 0 Å². The van der Waals surface area contributed by atoms with E-state index in [1.807, 2.05) is 0 Å². The predicted molar refractivity (Wildman–Crippen MR) is 59.7 cm³/mol. The average Bonchev–Trinajstić information content (AvgIpc) is 2.26. The van der Waals surface area contributed by atoms with Gasteiger partial charge in [-0.2, -0.15) is 0 Å². The standard InChI is InChI=1S/C12H17FO3/c1-7(13)9-5-10(8(2)14)12(16-4)6-11(9)15-3/h5-8,14H,1-4H3. The van der Waals surface area contributed by atoms with E-state index in [0.717, 1.165) is 0 Å². The third kappa shape index (κ3) is 2.44. The van der Waals surface area contributed by atoms with Crippen LogP contribution in [0.2, 0.25) is 0 Å². The summed E-state index contributed by atoms with van der Waals surface area (Å²) in [4.78, 5) is 0. The van der Waals surface area contributed by atoms with Crippen molar-refractivity contribution in [2.75, 3.05) is 14.2 Å². The molecule has 1 rings (SSSR count). The minimum atomic E-state index is -1.15. The molecule has 0 amide bonds. The van der Waals surface area contributed by atoms with Crippen LogP contribution in [0.3, 0.4) is 0 Å². The molecule has 16 heavy (non-hydrogen) atoms. The van der Waals surface area contributed by atoms with Crippen molar-refractivity contribution in [1.82, 2.24) is 0 Å². The van der Waals surface area contributed by atoms with Gasteiger partial charge in [0.2, 0.25) is 0 Å². The van der Waals surface area contributed by atoms with E-state index >= 15 is 0 Å². The minimum absolute atomic E-state index is 0.416. The molecule has 0 bridgehead atoms. The summed E-state index contributed by atoms with van der Waals surface area (Å²) >= 11 is 0. The van der Waals surface area contributed by atoms with Crippen molar-refractivity contribution in [3.05, 3.63) is 23.3 Å². The first-order valence-corrected chi connectivity index (χ1v) is 5.09. The number of alkyl halides is 1.